The number of aromatic nitrogens is 2. The maximum atomic E-state index is 13.5. The molecule has 0 aliphatic heterocycles. The molecule has 1 amide bonds. The quantitative estimate of drug-likeness (QED) is 0.461. The first-order valence-corrected chi connectivity index (χ1v) is 10.5. The second kappa shape index (κ2) is 6.67. The lowest BCUT2D eigenvalue weighted by atomic mass is 10.0. The van der Waals surface area contributed by atoms with Crippen molar-refractivity contribution in [2.24, 2.45) is 0 Å². The van der Waals surface area contributed by atoms with E-state index in [0.717, 1.165) is 50.2 Å². The molecule has 28 heavy (non-hydrogen) atoms. The SMILES string of the molecule is C[C@H](c1nc2ccccc2s1)N(C)C(=O)c1cc(C2CC2)nc2ccccc12. The number of fused-ring (bicyclic) bond motifs is 2. The molecule has 4 nitrogen and oxygen atoms in total. The Morgan fingerprint density at radius 2 is 1.79 bits per heavy atom. The molecule has 5 rings (SSSR count). The molecule has 1 fully saturated rings. The van der Waals surface area contributed by atoms with Gasteiger partial charge in [-0.15, -0.1) is 11.3 Å². The molecule has 0 saturated heterocycles. The molecule has 1 saturated carbocycles. The number of pyridine rings is 1. The Morgan fingerprint density at radius 1 is 1.07 bits per heavy atom. The molecule has 2 aromatic carbocycles. The van der Waals surface area contributed by atoms with Gasteiger partial charge in [-0.05, 0) is 44.0 Å². The molecule has 0 N–H and O–H groups in total. The van der Waals surface area contributed by atoms with Gasteiger partial charge < -0.3 is 4.90 Å². The zero-order valence-electron chi connectivity index (χ0n) is 15.9. The monoisotopic (exact) mass is 387 g/mol. The molecule has 1 aliphatic rings. The second-order valence-electron chi connectivity index (χ2n) is 7.50. The van der Waals surface area contributed by atoms with Gasteiger partial charge in [0.05, 0.1) is 27.3 Å². The standard InChI is InChI=1S/C23H21N3OS/c1-14(22-25-19-9-5-6-10-21(19)28-22)26(2)23(27)17-13-20(15-11-12-15)24-18-8-4-3-7-16(17)18/h3-10,13-15H,11-12H2,1-2H3/t14-/m1/s1. The molecule has 5 heteroatoms. The molecule has 2 aromatic heterocycles. The van der Waals surface area contributed by atoms with Gasteiger partial charge in [-0.25, -0.2) is 4.98 Å². The Labute approximate surface area is 167 Å². The van der Waals surface area contributed by atoms with Crippen LogP contribution in [-0.4, -0.2) is 27.8 Å². The van der Waals surface area contributed by atoms with E-state index in [1.165, 1.54) is 0 Å². The molecule has 4 aromatic rings. The third kappa shape index (κ3) is 2.96. The summed E-state index contributed by atoms with van der Waals surface area (Å²) in [6.07, 6.45) is 2.33. The Hall–Kier alpha value is -2.79. The lowest BCUT2D eigenvalue weighted by molar-refractivity contribution is 0.0744. The number of nitrogens with zero attached hydrogens (tertiary/aromatic N) is 3. The summed E-state index contributed by atoms with van der Waals surface area (Å²) in [5, 5.41) is 1.87. The van der Waals surface area contributed by atoms with Crippen LogP contribution in [0.1, 0.15) is 52.8 Å². The fourth-order valence-electron chi connectivity index (χ4n) is 3.56. The average molecular weight is 388 g/mol. The lowest BCUT2D eigenvalue weighted by Crippen LogP contribution is -2.30. The first-order chi connectivity index (χ1) is 13.6. The van der Waals surface area contributed by atoms with Crippen LogP contribution in [-0.2, 0) is 0 Å². The van der Waals surface area contributed by atoms with Gasteiger partial charge in [0.25, 0.3) is 5.91 Å². The predicted molar refractivity (Wildman–Crippen MR) is 114 cm³/mol. The normalized spacial score (nSPS) is 15.1. The van der Waals surface area contributed by atoms with Gasteiger partial charge in [0.2, 0.25) is 0 Å². The first kappa shape index (κ1) is 17.3. The van der Waals surface area contributed by atoms with Crippen molar-refractivity contribution in [1.82, 2.24) is 14.9 Å². The predicted octanol–water partition coefficient (Wildman–Crippen LogP) is 5.56. The number of hydrogen-bond donors (Lipinski definition) is 0. The van der Waals surface area contributed by atoms with Gasteiger partial charge in [0.1, 0.15) is 5.01 Å². The Kier molecular flexibility index (Phi) is 4.13. The highest BCUT2D eigenvalue weighted by Crippen LogP contribution is 2.40. The molecule has 0 unspecified atom stereocenters. The highest BCUT2D eigenvalue weighted by molar-refractivity contribution is 7.18. The summed E-state index contributed by atoms with van der Waals surface area (Å²) in [5.41, 5.74) is 3.67. The summed E-state index contributed by atoms with van der Waals surface area (Å²) in [4.78, 5) is 24.8. The van der Waals surface area contributed by atoms with Gasteiger partial charge >= 0.3 is 0 Å². The third-order valence-corrected chi connectivity index (χ3v) is 6.74. The van der Waals surface area contributed by atoms with Crippen molar-refractivity contribution in [2.45, 2.75) is 31.7 Å². The van der Waals surface area contributed by atoms with Crippen LogP contribution in [0.3, 0.4) is 0 Å². The van der Waals surface area contributed by atoms with E-state index >= 15 is 0 Å². The van der Waals surface area contributed by atoms with Crippen molar-refractivity contribution in [1.29, 1.82) is 0 Å². The molecular weight excluding hydrogens is 366 g/mol. The Balaban J connectivity index is 1.53. The fourth-order valence-corrected chi connectivity index (χ4v) is 4.62. The first-order valence-electron chi connectivity index (χ1n) is 9.64. The number of thiazole rings is 1. The minimum Gasteiger partial charge on any atom is -0.332 e. The van der Waals surface area contributed by atoms with Gasteiger partial charge in [0.15, 0.2) is 0 Å². The lowest BCUT2D eigenvalue weighted by Gasteiger charge is -2.24. The van der Waals surface area contributed by atoms with E-state index in [1.807, 2.05) is 62.5 Å². The van der Waals surface area contributed by atoms with Gasteiger partial charge in [0, 0.05) is 24.0 Å². The van der Waals surface area contributed by atoms with Crippen LogP contribution < -0.4 is 0 Å². The van der Waals surface area contributed by atoms with Crippen molar-refractivity contribution in [3.05, 3.63) is 70.9 Å². The van der Waals surface area contributed by atoms with Crippen LogP contribution in [0.2, 0.25) is 0 Å². The van der Waals surface area contributed by atoms with E-state index in [4.69, 9.17) is 9.97 Å². The summed E-state index contributed by atoms with van der Waals surface area (Å²) in [6.45, 7) is 2.04. The number of amides is 1. The van der Waals surface area contributed by atoms with Crippen LogP contribution in [0.4, 0.5) is 0 Å². The van der Waals surface area contributed by atoms with Gasteiger partial charge in [-0.2, -0.15) is 0 Å². The minimum absolute atomic E-state index is 0.0206. The maximum absolute atomic E-state index is 13.5. The summed E-state index contributed by atoms with van der Waals surface area (Å²) >= 11 is 1.65. The summed E-state index contributed by atoms with van der Waals surface area (Å²) in [6, 6.07) is 17.9. The zero-order chi connectivity index (χ0) is 19.3. The Morgan fingerprint density at radius 3 is 2.54 bits per heavy atom. The number of hydrogen-bond acceptors (Lipinski definition) is 4. The van der Waals surface area contributed by atoms with Crippen molar-refractivity contribution in [2.75, 3.05) is 7.05 Å². The van der Waals surface area contributed by atoms with Crippen LogP contribution in [0.25, 0.3) is 21.1 Å². The van der Waals surface area contributed by atoms with E-state index < -0.39 is 0 Å². The highest BCUT2D eigenvalue weighted by Gasteiger charge is 2.29. The average Bonchev–Trinajstić information content (AvgIpc) is 3.49. The van der Waals surface area contributed by atoms with E-state index in [9.17, 15) is 4.79 Å². The maximum Gasteiger partial charge on any atom is 0.254 e. The summed E-state index contributed by atoms with van der Waals surface area (Å²) in [5.74, 6) is 0.524. The largest absolute Gasteiger partial charge is 0.332 e. The van der Waals surface area contributed by atoms with Crippen LogP contribution in [0.15, 0.2) is 54.6 Å². The molecule has 140 valence electrons. The number of benzene rings is 2. The molecule has 0 radical (unpaired) electrons. The fraction of sp³-hybridized carbons (Fsp3) is 0.261. The van der Waals surface area contributed by atoms with Crippen molar-refractivity contribution >= 4 is 38.4 Å². The Bertz CT molecular complexity index is 1160. The number of carbonyl (C=O) groups is 1. The topological polar surface area (TPSA) is 46.1 Å². The molecule has 1 aliphatic carbocycles. The third-order valence-electron chi connectivity index (χ3n) is 5.53. The molecular formula is C23H21N3OS. The van der Waals surface area contributed by atoms with Crippen molar-refractivity contribution in [3.63, 3.8) is 0 Å². The van der Waals surface area contributed by atoms with Crippen molar-refractivity contribution < 1.29 is 4.79 Å². The minimum atomic E-state index is -0.0961. The van der Waals surface area contributed by atoms with E-state index in [0.29, 0.717) is 5.92 Å². The van der Waals surface area contributed by atoms with E-state index in [2.05, 4.69) is 6.07 Å². The number of para-hydroxylation sites is 2. The van der Waals surface area contributed by atoms with Gasteiger partial charge in [-0.3, -0.25) is 9.78 Å². The molecule has 0 bridgehead atoms. The highest BCUT2D eigenvalue weighted by atomic mass is 32.1. The van der Waals surface area contributed by atoms with Gasteiger partial charge in [-0.1, -0.05) is 30.3 Å². The molecule has 0 spiro atoms. The zero-order valence-corrected chi connectivity index (χ0v) is 16.7. The van der Waals surface area contributed by atoms with Crippen LogP contribution in [0, 0.1) is 0 Å². The smallest absolute Gasteiger partial charge is 0.254 e. The molecule has 2 heterocycles. The number of carbonyl (C=O) groups excluding carboxylic acids is 1. The van der Waals surface area contributed by atoms with E-state index in [1.54, 1.807) is 16.2 Å². The van der Waals surface area contributed by atoms with Crippen LogP contribution in [0.5, 0.6) is 0 Å². The second-order valence-corrected chi connectivity index (χ2v) is 8.56. The van der Waals surface area contributed by atoms with Crippen LogP contribution >= 0.6 is 11.3 Å². The number of rotatable bonds is 4. The summed E-state index contributed by atoms with van der Waals surface area (Å²) < 4.78 is 1.15. The summed E-state index contributed by atoms with van der Waals surface area (Å²) in [7, 11) is 1.87. The van der Waals surface area contributed by atoms with Crippen molar-refractivity contribution in [3.8, 4) is 0 Å². The van der Waals surface area contributed by atoms with E-state index in [-0.39, 0.29) is 11.9 Å². The molecule has 1 atom stereocenters.